The lowest BCUT2D eigenvalue weighted by atomic mass is 9.98. The number of carboxylic acid groups (broad SMARTS) is 1. The average molecular weight is 384 g/mol. The molecule has 0 unspecified atom stereocenters. The highest BCUT2D eigenvalue weighted by molar-refractivity contribution is 6.30. The lowest BCUT2D eigenvalue weighted by Crippen LogP contribution is -2.54. The molecular weight excluding hydrogens is 363 g/mol. The molecule has 0 spiro atoms. The fourth-order valence-corrected chi connectivity index (χ4v) is 2.24. The van der Waals surface area contributed by atoms with E-state index in [1.165, 1.54) is 5.56 Å². The van der Waals surface area contributed by atoms with Crippen molar-refractivity contribution in [2.75, 3.05) is 13.2 Å². The van der Waals surface area contributed by atoms with Crippen LogP contribution < -0.4 is 5.32 Å². The molecule has 0 bridgehead atoms. The van der Waals surface area contributed by atoms with Crippen LogP contribution in [0.1, 0.15) is 19.4 Å². The molecule has 1 saturated heterocycles. The highest BCUT2D eigenvalue weighted by Crippen LogP contribution is 2.17. The van der Waals surface area contributed by atoms with Gasteiger partial charge in [-0.3, -0.25) is 0 Å². The second kappa shape index (κ2) is 8.84. The second-order valence-electron chi connectivity index (χ2n) is 6.21. The minimum atomic E-state index is -5.08. The summed E-state index contributed by atoms with van der Waals surface area (Å²) in [6, 6.07) is 8.17. The quantitative estimate of drug-likeness (QED) is 0.748. The largest absolute Gasteiger partial charge is 0.490 e. The van der Waals surface area contributed by atoms with Gasteiger partial charge < -0.3 is 20.3 Å². The Morgan fingerprint density at radius 3 is 2.20 bits per heavy atom. The third kappa shape index (κ3) is 8.04. The van der Waals surface area contributed by atoms with Crippen LogP contribution in [0.3, 0.4) is 0 Å². The Bertz CT molecular complexity index is 550. The first-order chi connectivity index (χ1) is 11.4. The van der Waals surface area contributed by atoms with Gasteiger partial charge in [0.1, 0.15) is 0 Å². The standard InChI is InChI=1S/C14H20ClNO2.C2HF3O2/c1-14(2,17)13-8-16-12(9-18-13)7-10-3-5-11(15)6-4-10;3-2(4,5)1(6)7/h3-6,12-13,16-17H,7-9H2,1-2H3;(H,6,7)/t12-,13+;/m0./s1. The van der Waals surface area contributed by atoms with Gasteiger partial charge in [-0.05, 0) is 38.0 Å². The Morgan fingerprint density at radius 1 is 1.32 bits per heavy atom. The number of rotatable bonds is 3. The lowest BCUT2D eigenvalue weighted by Gasteiger charge is -2.36. The van der Waals surface area contributed by atoms with E-state index in [1.54, 1.807) is 13.8 Å². The SMILES string of the molecule is CC(C)(O)[C@H]1CN[C@@H](Cc2ccc(Cl)cc2)CO1.O=C(O)C(F)(F)F. The topological polar surface area (TPSA) is 78.8 Å². The van der Waals surface area contributed by atoms with E-state index in [4.69, 9.17) is 26.2 Å². The molecule has 1 aromatic carbocycles. The zero-order valence-corrected chi connectivity index (χ0v) is 14.6. The third-order valence-electron chi connectivity index (χ3n) is 3.52. The van der Waals surface area contributed by atoms with Crippen molar-refractivity contribution >= 4 is 17.6 Å². The number of carboxylic acids is 1. The van der Waals surface area contributed by atoms with E-state index in [0.717, 1.165) is 11.4 Å². The molecule has 142 valence electrons. The molecule has 0 aromatic heterocycles. The maximum absolute atomic E-state index is 10.6. The van der Waals surface area contributed by atoms with Gasteiger partial charge in [-0.1, -0.05) is 23.7 Å². The summed E-state index contributed by atoms with van der Waals surface area (Å²) >= 11 is 5.86. The Morgan fingerprint density at radius 2 is 1.84 bits per heavy atom. The van der Waals surface area contributed by atoms with E-state index in [1.807, 2.05) is 24.3 Å². The summed E-state index contributed by atoms with van der Waals surface area (Å²) in [7, 11) is 0. The molecule has 0 saturated carbocycles. The fraction of sp³-hybridized carbons (Fsp3) is 0.562. The number of hydrogen-bond donors (Lipinski definition) is 3. The molecule has 1 aromatic rings. The van der Waals surface area contributed by atoms with Crippen molar-refractivity contribution in [2.24, 2.45) is 0 Å². The summed E-state index contributed by atoms with van der Waals surface area (Å²) in [6.45, 7) is 4.86. The Balaban J connectivity index is 0.000000381. The maximum atomic E-state index is 10.6. The third-order valence-corrected chi connectivity index (χ3v) is 3.77. The van der Waals surface area contributed by atoms with Gasteiger partial charge in [-0.2, -0.15) is 13.2 Å². The van der Waals surface area contributed by atoms with Crippen LogP contribution in [-0.4, -0.2) is 53.3 Å². The van der Waals surface area contributed by atoms with Crippen molar-refractivity contribution in [3.8, 4) is 0 Å². The van der Waals surface area contributed by atoms with E-state index in [9.17, 15) is 18.3 Å². The minimum Gasteiger partial charge on any atom is -0.475 e. The molecule has 1 aliphatic heterocycles. The summed E-state index contributed by atoms with van der Waals surface area (Å²) in [5, 5.41) is 21.2. The maximum Gasteiger partial charge on any atom is 0.490 e. The lowest BCUT2D eigenvalue weighted by molar-refractivity contribution is -0.192. The number of halogens is 4. The van der Waals surface area contributed by atoms with Gasteiger partial charge in [0.25, 0.3) is 0 Å². The summed E-state index contributed by atoms with van der Waals surface area (Å²) in [6.07, 6.45) is -4.31. The van der Waals surface area contributed by atoms with Crippen LogP contribution in [0.5, 0.6) is 0 Å². The van der Waals surface area contributed by atoms with Gasteiger partial charge in [0.2, 0.25) is 0 Å². The number of nitrogens with one attached hydrogen (secondary N) is 1. The number of carbonyl (C=O) groups is 1. The smallest absolute Gasteiger partial charge is 0.475 e. The van der Waals surface area contributed by atoms with Crippen LogP contribution in [0.25, 0.3) is 0 Å². The predicted octanol–water partition coefficient (Wildman–Crippen LogP) is 2.64. The molecule has 0 radical (unpaired) electrons. The molecule has 3 N–H and O–H groups in total. The van der Waals surface area contributed by atoms with E-state index in [-0.39, 0.29) is 6.10 Å². The Kier molecular flexibility index (Phi) is 7.67. The molecular formula is C16H21ClF3NO4. The monoisotopic (exact) mass is 383 g/mol. The normalized spacial score (nSPS) is 21.2. The van der Waals surface area contributed by atoms with Gasteiger partial charge in [-0.25, -0.2) is 4.79 Å². The Labute approximate surface area is 148 Å². The van der Waals surface area contributed by atoms with Crippen LogP contribution in [0, 0.1) is 0 Å². The summed E-state index contributed by atoms with van der Waals surface area (Å²) in [4.78, 5) is 8.90. The number of aliphatic carboxylic acids is 1. The van der Waals surface area contributed by atoms with Crippen LogP contribution in [0.15, 0.2) is 24.3 Å². The molecule has 9 heteroatoms. The highest BCUT2D eigenvalue weighted by Gasteiger charge is 2.38. The molecule has 0 aliphatic carbocycles. The number of ether oxygens (including phenoxy) is 1. The minimum absolute atomic E-state index is 0.140. The molecule has 0 amide bonds. The van der Waals surface area contributed by atoms with Gasteiger partial charge in [0.05, 0.1) is 18.3 Å². The molecule has 2 rings (SSSR count). The van der Waals surface area contributed by atoms with Crippen LogP contribution in [0.4, 0.5) is 13.2 Å². The number of morpholine rings is 1. The van der Waals surface area contributed by atoms with Gasteiger partial charge in [-0.15, -0.1) is 0 Å². The van der Waals surface area contributed by atoms with Crippen molar-refractivity contribution in [3.05, 3.63) is 34.9 Å². The molecule has 1 heterocycles. The summed E-state index contributed by atoms with van der Waals surface area (Å²) in [5.74, 6) is -2.76. The first-order valence-corrected chi connectivity index (χ1v) is 7.89. The molecule has 1 fully saturated rings. The van der Waals surface area contributed by atoms with Crippen molar-refractivity contribution < 1.29 is 32.9 Å². The number of hydrogen-bond acceptors (Lipinski definition) is 4. The Hall–Kier alpha value is -1.35. The van der Waals surface area contributed by atoms with Gasteiger partial charge in [0, 0.05) is 17.6 Å². The molecule has 25 heavy (non-hydrogen) atoms. The summed E-state index contributed by atoms with van der Waals surface area (Å²) in [5.41, 5.74) is 0.445. The van der Waals surface area contributed by atoms with Gasteiger partial charge >= 0.3 is 12.1 Å². The fourth-order valence-electron chi connectivity index (χ4n) is 2.11. The zero-order chi connectivity index (χ0) is 19.3. The molecule has 1 aliphatic rings. The van der Waals surface area contributed by atoms with Crippen LogP contribution in [-0.2, 0) is 16.0 Å². The van der Waals surface area contributed by atoms with Crippen molar-refractivity contribution in [3.63, 3.8) is 0 Å². The first kappa shape index (κ1) is 21.7. The predicted molar refractivity (Wildman–Crippen MR) is 86.7 cm³/mol. The molecule has 2 atom stereocenters. The first-order valence-electron chi connectivity index (χ1n) is 7.51. The number of benzene rings is 1. The number of aliphatic hydroxyl groups is 1. The van der Waals surface area contributed by atoms with E-state index >= 15 is 0 Å². The second-order valence-corrected chi connectivity index (χ2v) is 6.65. The van der Waals surface area contributed by atoms with Crippen LogP contribution in [0.2, 0.25) is 5.02 Å². The zero-order valence-electron chi connectivity index (χ0n) is 13.8. The number of alkyl halides is 3. The summed E-state index contributed by atoms with van der Waals surface area (Å²) < 4.78 is 37.4. The van der Waals surface area contributed by atoms with E-state index in [2.05, 4.69) is 5.32 Å². The average Bonchev–Trinajstić information content (AvgIpc) is 2.49. The van der Waals surface area contributed by atoms with E-state index < -0.39 is 17.7 Å². The molecule has 5 nitrogen and oxygen atoms in total. The van der Waals surface area contributed by atoms with Crippen LogP contribution >= 0.6 is 11.6 Å². The van der Waals surface area contributed by atoms with Crippen molar-refractivity contribution in [1.29, 1.82) is 0 Å². The van der Waals surface area contributed by atoms with Crippen molar-refractivity contribution in [2.45, 2.75) is 44.2 Å². The van der Waals surface area contributed by atoms with Gasteiger partial charge in [0.15, 0.2) is 0 Å². The highest BCUT2D eigenvalue weighted by atomic mass is 35.5. The van der Waals surface area contributed by atoms with E-state index in [0.29, 0.717) is 19.2 Å². The van der Waals surface area contributed by atoms with Crippen molar-refractivity contribution in [1.82, 2.24) is 5.32 Å².